The summed E-state index contributed by atoms with van der Waals surface area (Å²) < 4.78 is 3.48. The maximum atomic E-state index is 12.8. The Morgan fingerprint density at radius 3 is 2.54 bits per heavy atom. The lowest BCUT2D eigenvalue weighted by atomic mass is 10.2. The summed E-state index contributed by atoms with van der Waals surface area (Å²) in [5.41, 5.74) is 3.24. The molecule has 0 saturated heterocycles. The van der Waals surface area contributed by atoms with Gasteiger partial charge >= 0.3 is 0 Å². The molecule has 0 saturated carbocycles. The van der Waals surface area contributed by atoms with E-state index in [0.717, 1.165) is 16.9 Å². The standard InChI is InChI=1S/C21H18ClN5O/c1-15-19(13-24-27(15)18-5-3-2-4-6-18)21(28)25-20-11-12-23-26(20)14-16-7-9-17(22)10-8-16/h2-13H,14H2,1H3,(H,25,28). The first-order chi connectivity index (χ1) is 13.6. The summed E-state index contributed by atoms with van der Waals surface area (Å²) in [7, 11) is 0. The zero-order chi connectivity index (χ0) is 19.5. The second kappa shape index (κ2) is 7.70. The first-order valence-electron chi connectivity index (χ1n) is 8.79. The molecule has 0 unspecified atom stereocenters. The number of nitrogens with one attached hydrogen (secondary N) is 1. The van der Waals surface area contributed by atoms with E-state index in [1.807, 2.05) is 61.5 Å². The van der Waals surface area contributed by atoms with Gasteiger partial charge in [-0.15, -0.1) is 0 Å². The van der Waals surface area contributed by atoms with Crippen molar-refractivity contribution in [2.45, 2.75) is 13.5 Å². The van der Waals surface area contributed by atoms with Gasteiger partial charge in [-0.3, -0.25) is 4.79 Å². The average molecular weight is 392 g/mol. The fraction of sp³-hybridized carbons (Fsp3) is 0.0952. The number of hydrogen-bond donors (Lipinski definition) is 1. The number of halogens is 1. The van der Waals surface area contributed by atoms with Gasteiger partial charge in [-0.25, -0.2) is 9.36 Å². The maximum absolute atomic E-state index is 12.8. The quantitative estimate of drug-likeness (QED) is 0.550. The minimum atomic E-state index is -0.225. The lowest BCUT2D eigenvalue weighted by Gasteiger charge is -2.09. The fourth-order valence-electron chi connectivity index (χ4n) is 2.97. The van der Waals surface area contributed by atoms with E-state index in [0.29, 0.717) is 22.9 Å². The first-order valence-corrected chi connectivity index (χ1v) is 9.17. The van der Waals surface area contributed by atoms with Crippen LogP contribution in [0.3, 0.4) is 0 Å². The average Bonchev–Trinajstić information content (AvgIpc) is 3.30. The van der Waals surface area contributed by atoms with Crippen LogP contribution in [-0.4, -0.2) is 25.5 Å². The molecule has 4 aromatic rings. The van der Waals surface area contributed by atoms with E-state index in [2.05, 4.69) is 15.5 Å². The Labute approximate surface area is 167 Å². The zero-order valence-corrected chi connectivity index (χ0v) is 16.0. The van der Waals surface area contributed by atoms with Crippen molar-refractivity contribution in [2.24, 2.45) is 0 Å². The van der Waals surface area contributed by atoms with Crippen molar-refractivity contribution >= 4 is 23.3 Å². The number of benzene rings is 2. The van der Waals surface area contributed by atoms with Gasteiger partial charge < -0.3 is 5.32 Å². The molecule has 1 amide bonds. The van der Waals surface area contributed by atoms with Gasteiger partial charge in [0.25, 0.3) is 5.91 Å². The van der Waals surface area contributed by atoms with Crippen molar-refractivity contribution < 1.29 is 4.79 Å². The van der Waals surface area contributed by atoms with Gasteiger partial charge in [-0.1, -0.05) is 41.9 Å². The van der Waals surface area contributed by atoms with Crippen LogP contribution < -0.4 is 5.32 Å². The number of carbonyl (C=O) groups is 1. The summed E-state index contributed by atoms with van der Waals surface area (Å²) in [4.78, 5) is 12.8. The van der Waals surface area contributed by atoms with E-state index in [1.54, 1.807) is 27.8 Å². The molecule has 28 heavy (non-hydrogen) atoms. The predicted octanol–water partition coefficient (Wildman–Crippen LogP) is 4.33. The topological polar surface area (TPSA) is 64.7 Å². The van der Waals surface area contributed by atoms with E-state index in [9.17, 15) is 4.79 Å². The molecule has 0 aliphatic heterocycles. The zero-order valence-electron chi connectivity index (χ0n) is 15.2. The van der Waals surface area contributed by atoms with Crippen molar-refractivity contribution in [3.8, 4) is 5.69 Å². The molecule has 0 aliphatic rings. The highest BCUT2D eigenvalue weighted by atomic mass is 35.5. The lowest BCUT2D eigenvalue weighted by Crippen LogP contribution is -2.17. The predicted molar refractivity (Wildman–Crippen MR) is 109 cm³/mol. The number of para-hydroxylation sites is 1. The van der Waals surface area contributed by atoms with E-state index >= 15 is 0 Å². The highest BCUT2D eigenvalue weighted by molar-refractivity contribution is 6.30. The molecular formula is C21H18ClN5O. The molecule has 6 nitrogen and oxygen atoms in total. The highest BCUT2D eigenvalue weighted by Crippen LogP contribution is 2.17. The molecule has 0 spiro atoms. The van der Waals surface area contributed by atoms with Gasteiger partial charge in [0, 0.05) is 11.1 Å². The van der Waals surface area contributed by atoms with Crippen LogP contribution in [0.25, 0.3) is 5.69 Å². The summed E-state index contributed by atoms with van der Waals surface area (Å²) in [6.45, 7) is 2.40. The molecule has 2 heterocycles. The number of carbonyl (C=O) groups excluding carboxylic acids is 1. The Hall–Kier alpha value is -3.38. The van der Waals surface area contributed by atoms with Gasteiger partial charge in [-0.2, -0.15) is 10.2 Å². The van der Waals surface area contributed by atoms with Crippen molar-refractivity contribution in [1.29, 1.82) is 0 Å². The van der Waals surface area contributed by atoms with Crippen molar-refractivity contribution in [3.63, 3.8) is 0 Å². The van der Waals surface area contributed by atoms with Crippen LogP contribution in [0.2, 0.25) is 5.02 Å². The third-order valence-electron chi connectivity index (χ3n) is 4.46. The summed E-state index contributed by atoms with van der Waals surface area (Å²) >= 11 is 5.94. The summed E-state index contributed by atoms with van der Waals surface area (Å²) in [6.07, 6.45) is 3.24. The molecule has 7 heteroatoms. The number of aromatic nitrogens is 4. The van der Waals surface area contributed by atoms with Gasteiger partial charge in [-0.05, 0) is 36.8 Å². The molecule has 0 aliphatic carbocycles. The number of nitrogens with zero attached hydrogens (tertiary/aromatic N) is 4. The normalized spacial score (nSPS) is 10.8. The van der Waals surface area contributed by atoms with Gasteiger partial charge in [0.1, 0.15) is 5.82 Å². The fourth-order valence-corrected chi connectivity index (χ4v) is 3.10. The summed E-state index contributed by atoms with van der Waals surface area (Å²) in [6, 6.07) is 19.0. The lowest BCUT2D eigenvalue weighted by molar-refractivity contribution is 0.102. The molecule has 0 radical (unpaired) electrons. The van der Waals surface area contributed by atoms with E-state index < -0.39 is 0 Å². The SMILES string of the molecule is Cc1c(C(=O)Nc2ccnn2Cc2ccc(Cl)cc2)cnn1-c1ccccc1. The molecular weight excluding hydrogens is 374 g/mol. The minimum Gasteiger partial charge on any atom is -0.307 e. The van der Waals surface area contributed by atoms with Crippen LogP contribution in [0.5, 0.6) is 0 Å². The molecule has 2 aromatic heterocycles. The number of anilines is 1. The third-order valence-corrected chi connectivity index (χ3v) is 4.71. The Balaban J connectivity index is 1.53. The van der Waals surface area contributed by atoms with E-state index in [-0.39, 0.29) is 5.91 Å². The van der Waals surface area contributed by atoms with Crippen LogP contribution in [0.15, 0.2) is 73.1 Å². The molecule has 0 fully saturated rings. The second-order valence-electron chi connectivity index (χ2n) is 6.35. The molecule has 140 valence electrons. The van der Waals surface area contributed by atoms with Crippen LogP contribution in [0.4, 0.5) is 5.82 Å². The van der Waals surface area contributed by atoms with Crippen LogP contribution in [0, 0.1) is 6.92 Å². The van der Waals surface area contributed by atoms with Crippen LogP contribution in [-0.2, 0) is 6.54 Å². The second-order valence-corrected chi connectivity index (χ2v) is 6.78. The molecule has 1 N–H and O–H groups in total. The maximum Gasteiger partial charge on any atom is 0.260 e. The van der Waals surface area contributed by atoms with Crippen molar-refractivity contribution in [3.05, 3.63) is 94.9 Å². The van der Waals surface area contributed by atoms with E-state index in [1.165, 1.54) is 0 Å². The monoisotopic (exact) mass is 391 g/mol. The minimum absolute atomic E-state index is 0.225. The Kier molecular flexibility index (Phi) is 4.95. The number of hydrogen-bond acceptors (Lipinski definition) is 3. The summed E-state index contributed by atoms with van der Waals surface area (Å²) in [5, 5.41) is 12.3. The Bertz CT molecular complexity index is 1100. The van der Waals surface area contributed by atoms with Gasteiger partial charge in [0.05, 0.1) is 35.9 Å². The van der Waals surface area contributed by atoms with Crippen molar-refractivity contribution in [2.75, 3.05) is 5.32 Å². The van der Waals surface area contributed by atoms with Crippen molar-refractivity contribution in [1.82, 2.24) is 19.6 Å². The largest absolute Gasteiger partial charge is 0.307 e. The highest BCUT2D eigenvalue weighted by Gasteiger charge is 2.17. The molecule has 4 rings (SSSR count). The summed E-state index contributed by atoms with van der Waals surface area (Å²) in [5.74, 6) is 0.393. The number of amides is 1. The van der Waals surface area contributed by atoms with Gasteiger partial charge in [0.15, 0.2) is 0 Å². The van der Waals surface area contributed by atoms with Gasteiger partial charge in [0.2, 0.25) is 0 Å². The van der Waals surface area contributed by atoms with Crippen LogP contribution in [0.1, 0.15) is 21.6 Å². The molecule has 0 bridgehead atoms. The van der Waals surface area contributed by atoms with Crippen LogP contribution >= 0.6 is 11.6 Å². The Morgan fingerprint density at radius 1 is 1.04 bits per heavy atom. The first kappa shape index (κ1) is 18.0. The van der Waals surface area contributed by atoms with E-state index in [4.69, 9.17) is 11.6 Å². The third kappa shape index (κ3) is 3.68. The molecule has 0 atom stereocenters. The Morgan fingerprint density at radius 2 is 1.79 bits per heavy atom. The smallest absolute Gasteiger partial charge is 0.260 e. The number of rotatable bonds is 5. The molecule has 2 aromatic carbocycles.